The van der Waals surface area contributed by atoms with E-state index in [2.05, 4.69) is 10.2 Å². The van der Waals surface area contributed by atoms with Gasteiger partial charge in [0, 0.05) is 31.6 Å². The lowest BCUT2D eigenvalue weighted by Gasteiger charge is -2.28. The molecule has 2 aromatic rings. The van der Waals surface area contributed by atoms with Gasteiger partial charge < -0.3 is 15.2 Å². The van der Waals surface area contributed by atoms with E-state index in [1.165, 1.54) is 0 Å². The molecule has 0 saturated carbocycles. The van der Waals surface area contributed by atoms with E-state index in [1.807, 2.05) is 25.3 Å². The highest BCUT2D eigenvalue weighted by Gasteiger charge is 2.25. The molecular weight excluding hydrogens is 359 g/mol. The predicted molar refractivity (Wildman–Crippen MR) is 94.1 cm³/mol. The largest absolute Gasteiger partial charge is 0.333 e. The summed E-state index contributed by atoms with van der Waals surface area (Å²) < 4.78 is 41.8. The third kappa shape index (κ3) is 4.85. The van der Waals surface area contributed by atoms with E-state index in [0.717, 1.165) is 11.9 Å². The fourth-order valence-corrected chi connectivity index (χ4v) is 2.94. The van der Waals surface area contributed by atoms with Crippen molar-refractivity contribution in [3.63, 3.8) is 0 Å². The molecule has 0 radical (unpaired) electrons. The van der Waals surface area contributed by atoms with Crippen LogP contribution in [0.1, 0.15) is 37.5 Å². The van der Waals surface area contributed by atoms with E-state index in [0.29, 0.717) is 31.5 Å². The van der Waals surface area contributed by atoms with Gasteiger partial charge >= 0.3 is 0 Å². The number of hydrogen-bond donors (Lipinski definition) is 1. The summed E-state index contributed by atoms with van der Waals surface area (Å²) in [5, 5.41) is 8.00. The van der Waals surface area contributed by atoms with Crippen LogP contribution in [0.25, 0.3) is 0 Å². The smallest absolute Gasteiger partial charge is 0.224 e. The highest BCUT2D eigenvalue weighted by atomic mass is 19.2. The van der Waals surface area contributed by atoms with E-state index >= 15 is 0 Å². The summed E-state index contributed by atoms with van der Waals surface area (Å²) in [6, 6.07) is 0.563. The Hall–Kier alpha value is -2.42. The molecule has 6 nitrogen and oxygen atoms in total. The maximum Gasteiger partial charge on any atom is 0.224 e. The van der Waals surface area contributed by atoms with Crippen LogP contribution in [0.2, 0.25) is 0 Å². The van der Waals surface area contributed by atoms with Crippen molar-refractivity contribution in [3.05, 3.63) is 46.8 Å². The van der Waals surface area contributed by atoms with E-state index in [9.17, 15) is 18.0 Å². The normalized spacial score (nSPS) is 14.3. The number of amides is 1. The summed E-state index contributed by atoms with van der Waals surface area (Å²) in [6.45, 7) is 7.30. The van der Waals surface area contributed by atoms with Crippen LogP contribution < -0.4 is 5.73 Å². The van der Waals surface area contributed by atoms with Crippen LogP contribution >= 0.6 is 0 Å². The van der Waals surface area contributed by atoms with Crippen LogP contribution in [0.3, 0.4) is 0 Å². The molecule has 1 amide bonds. The monoisotopic (exact) mass is 383 g/mol. The molecule has 0 aliphatic carbocycles. The Kier molecular flexibility index (Phi) is 6.95. The molecule has 1 aliphatic rings. The van der Waals surface area contributed by atoms with Gasteiger partial charge in [0.05, 0.1) is 6.54 Å². The molecule has 1 atom stereocenters. The van der Waals surface area contributed by atoms with Gasteiger partial charge in [-0.1, -0.05) is 13.8 Å². The number of carbonyl (C=O) groups is 1. The molecule has 9 heteroatoms. The second-order valence-corrected chi connectivity index (χ2v) is 6.16. The lowest BCUT2D eigenvalue weighted by atomic mass is 10.0. The van der Waals surface area contributed by atoms with Crippen LogP contribution in [0, 0.1) is 24.4 Å². The molecular formula is C18H24F3N5O. The summed E-state index contributed by atoms with van der Waals surface area (Å²) in [5.41, 5.74) is 5.86. The summed E-state index contributed by atoms with van der Waals surface area (Å²) in [6.07, 6.45) is -0.0799. The average Bonchev–Trinajstić information content (AvgIpc) is 3.01. The fraction of sp³-hybridized carbons (Fsp3) is 0.500. The molecule has 3 rings (SSSR count). The minimum Gasteiger partial charge on any atom is -0.333 e. The van der Waals surface area contributed by atoms with Gasteiger partial charge in [0.15, 0.2) is 17.5 Å². The SMILES string of the molecule is CC.Cc1nnc2n1CCN(C(=O)C[C@H](N)Cc1cc(F)c(F)cc1F)C2. The second-order valence-electron chi connectivity index (χ2n) is 6.16. The number of benzene rings is 1. The van der Waals surface area contributed by atoms with Gasteiger partial charge in [-0.25, -0.2) is 13.2 Å². The quantitative estimate of drug-likeness (QED) is 0.822. The Labute approximate surface area is 156 Å². The van der Waals surface area contributed by atoms with Crippen molar-refractivity contribution in [1.29, 1.82) is 0 Å². The first-order chi connectivity index (χ1) is 12.8. The Morgan fingerprint density at radius 1 is 1.15 bits per heavy atom. The Bertz CT molecular complexity index is 809. The number of nitrogens with zero attached hydrogens (tertiary/aromatic N) is 4. The van der Waals surface area contributed by atoms with Gasteiger partial charge in [-0.3, -0.25) is 4.79 Å². The first-order valence-electron chi connectivity index (χ1n) is 8.90. The number of aryl methyl sites for hydroxylation is 1. The van der Waals surface area contributed by atoms with Crippen molar-refractivity contribution in [2.24, 2.45) is 5.73 Å². The van der Waals surface area contributed by atoms with E-state index in [1.54, 1.807) is 4.90 Å². The molecule has 0 bridgehead atoms. The zero-order valence-electron chi connectivity index (χ0n) is 15.7. The molecule has 1 aromatic heterocycles. The van der Waals surface area contributed by atoms with Crippen LogP contribution in [0.4, 0.5) is 13.2 Å². The highest BCUT2D eigenvalue weighted by Crippen LogP contribution is 2.17. The van der Waals surface area contributed by atoms with Crippen molar-refractivity contribution in [1.82, 2.24) is 19.7 Å². The van der Waals surface area contributed by atoms with Crippen LogP contribution in [-0.4, -0.2) is 38.2 Å². The zero-order chi connectivity index (χ0) is 20.1. The minimum absolute atomic E-state index is 0.0223. The predicted octanol–water partition coefficient (Wildman–Crippen LogP) is 2.33. The molecule has 2 heterocycles. The Balaban J connectivity index is 0.00000126. The number of aromatic nitrogens is 3. The molecule has 1 aliphatic heterocycles. The van der Waals surface area contributed by atoms with Crippen molar-refractivity contribution >= 4 is 5.91 Å². The third-order valence-corrected chi connectivity index (χ3v) is 4.30. The number of rotatable bonds is 4. The lowest BCUT2D eigenvalue weighted by molar-refractivity contribution is -0.133. The summed E-state index contributed by atoms with van der Waals surface area (Å²) in [7, 11) is 0. The molecule has 2 N–H and O–H groups in total. The van der Waals surface area contributed by atoms with Gasteiger partial charge in [-0.05, 0) is 25.0 Å². The number of halogens is 3. The van der Waals surface area contributed by atoms with E-state index < -0.39 is 23.5 Å². The average molecular weight is 383 g/mol. The highest BCUT2D eigenvalue weighted by molar-refractivity contribution is 5.76. The molecule has 0 saturated heterocycles. The molecule has 27 heavy (non-hydrogen) atoms. The molecule has 1 aromatic carbocycles. The Morgan fingerprint density at radius 2 is 1.81 bits per heavy atom. The second kappa shape index (κ2) is 8.98. The number of carbonyl (C=O) groups excluding carboxylic acids is 1. The van der Waals surface area contributed by atoms with Gasteiger partial charge in [-0.15, -0.1) is 10.2 Å². The van der Waals surface area contributed by atoms with E-state index in [4.69, 9.17) is 5.73 Å². The topological polar surface area (TPSA) is 77.0 Å². The molecule has 0 fully saturated rings. The molecule has 148 valence electrons. The summed E-state index contributed by atoms with van der Waals surface area (Å²) >= 11 is 0. The van der Waals surface area contributed by atoms with Crippen molar-refractivity contribution in [2.75, 3.05) is 6.54 Å². The number of fused-ring (bicyclic) bond motifs is 1. The molecule has 0 unspecified atom stereocenters. The van der Waals surface area contributed by atoms with E-state index in [-0.39, 0.29) is 24.3 Å². The zero-order valence-corrected chi connectivity index (χ0v) is 15.7. The van der Waals surface area contributed by atoms with Crippen LogP contribution in [0.5, 0.6) is 0 Å². The maximum atomic E-state index is 13.7. The van der Waals surface area contributed by atoms with Gasteiger partial charge in [-0.2, -0.15) is 0 Å². The van der Waals surface area contributed by atoms with Crippen molar-refractivity contribution in [3.8, 4) is 0 Å². The molecule has 0 spiro atoms. The van der Waals surface area contributed by atoms with Crippen molar-refractivity contribution < 1.29 is 18.0 Å². The first kappa shape index (κ1) is 20.9. The standard InChI is InChI=1S/C16H18F3N5O.C2H6/c1-9-21-22-15-8-23(2-3-24(9)15)16(25)6-11(20)4-10-5-13(18)14(19)7-12(10)17;1-2/h5,7,11H,2-4,6,8,20H2,1H3;1-2H3/t11-;/m1./s1. The van der Waals surface area contributed by atoms with Crippen molar-refractivity contribution in [2.45, 2.75) is 52.7 Å². The number of nitrogens with two attached hydrogens (primary N) is 1. The number of hydrogen-bond acceptors (Lipinski definition) is 4. The van der Waals surface area contributed by atoms with Crippen LogP contribution in [-0.2, 0) is 24.3 Å². The van der Waals surface area contributed by atoms with Gasteiger partial charge in [0.2, 0.25) is 5.91 Å². The third-order valence-electron chi connectivity index (χ3n) is 4.30. The summed E-state index contributed by atoms with van der Waals surface area (Å²) in [5.74, 6) is -1.95. The van der Waals surface area contributed by atoms with Crippen LogP contribution in [0.15, 0.2) is 12.1 Å². The van der Waals surface area contributed by atoms with Gasteiger partial charge in [0.25, 0.3) is 0 Å². The maximum absolute atomic E-state index is 13.7. The lowest BCUT2D eigenvalue weighted by Crippen LogP contribution is -2.41. The van der Waals surface area contributed by atoms with Gasteiger partial charge in [0.1, 0.15) is 11.6 Å². The summed E-state index contributed by atoms with van der Waals surface area (Å²) in [4.78, 5) is 14.0. The fourth-order valence-electron chi connectivity index (χ4n) is 2.94. The minimum atomic E-state index is -1.25. The Morgan fingerprint density at radius 3 is 2.52 bits per heavy atom. The first-order valence-corrected chi connectivity index (χ1v) is 8.90.